The Morgan fingerprint density at radius 1 is 1.04 bits per heavy atom. The summed E-state index contributed by atoms with van der Waals surface area (Å²) in [7, 11) is -3.04. The molecule has 0 radical (unpaired) electrons. The number of anilines is 1. The van der Waals surface area contributed by atoms with Crippen molar-refractivity contribution >= 4 is 27.1 Å². The van der Waals surface area contributed by atoms with Gasteiger partial charge in [-0.1, -0.05) is 48.5 Å². The van der Waals surface area contributed by atoms with Gasteiger partial charge in [0.1, 0.15) is 5.71 Å². The van der Waals surface area contributed by atoms with Crippen LogP contribution in [-0.2, 0) is 14.6 Å². The minimum atomic E-state index is -3.04. The number of para-hydroxylation sites is 1. The lowest BCUT2D eigenvalue weighted by atomic mass is 10.0. The Morgan fingerprint density at radius 3 is 2.33 bits per heavy atom. The van der Waals surface area contributed by atoms with Gasteiger partial charge < -0.3 is 5.32 Å². The van der Waals surface area contributed by atoms with Gasteiger partial charge in [-0.2, -0.15) is 5.10 Å². The maximum Gasteiger partial charge on any atom is 0.267 e. The Balaban J connectivity index is 1.57. The molecule has 0 spiro atoms. The van der Waals surface area contributed by atoms with Crippen molar-refractivity contribution in [2.45, 2.75) is 24.9 Å². The number of amides is 1. The third-order valence-electron chi connectivity index (χ3n) is 4.95. The lowest BCUT2D eigenvalue weighted by Gasteiger charge is -2.23. The first kappa shape index (κ1) is 17.7. The van der Waals surface area contributed by atoms with Gasteiger partial charge in [-0.15, -0.1) is 0 Å². The Kier molecular flexibility index (Phi) is 4.70. The minimum Gasteiger partial charge on any atom is -0.347 e. The normalized spacial score (nSPS) is 23.9. The average molecular weight is 383 g/mol. The average Bonchev–Trinajstić information content (AvgIpc) is 3.27. The molecule has 4 rings (SSSR count). The summed E-state index contributed by atoms with van der Waals surface area (Å²) in [4.78, 5) is 12.7. The van der Waals surface area contributed by atoms with Gasteiger partial charge in [0.25, 0.3) is 5.91 Å². The van der Waals surface area contributed by atoms with Crippen LogP contribution in [0, 0.1) is 0 Å². The predicted octanol–water partition coefficient (Wildman–Crippen LogP) is 2.30. The molecular weight excluding hydrogens is 362 g/mol. The number of hydrazone groups is 1. The van der Waals surface area contributed by atoms with E-state index in [-0.39, 0.29) is 29.5 Å². The maximum atomic E-state index is 12.7. The van der Waals surface area contributed by atoms with Crippen LogP contribution in [0.3, 0.4) is 0 Å². The highest BCUT2D eigenvalue weighted by Gasteiger charge is 2.35. The summed E-state index contributed by atoms with van der Waals surface area (Å²) in [5, 5.41) is 9.30. The summed E-state index contributed by atoms with van der Waals surface area (Å²) < 4.78 is 23.3. The quantitative estimate of drug-likeness (QED) is 0.879. The third kappa shape index (κ3) is 3.88. The van der Waals surface area contributed by atoms with Crippen LogP contribution in [-0.4, -0.2) is 37.6 Å². The monoisotopic (exact) mass is 383 g/mol. The van der Waals surface area contributed by atoms with Crippen molar-refractivity contribution in [3.63, 3.8) is 0 Å². The Hall–Kier alpha value is -2.67. The molecule has 2 aromatic rings. The topological polar surface area (TPSA) is 78.8 Å². The van der Waals surface area contributed by atoms with Crippen LogP contribution in [0.2, 0.25) is 0 Å². The van der Waals surface area contributed by atoms with Crippen molar-refractivity contribution in [3.05, 3.63) is 66.2 Å². The van der Waals surface area contributed by atoms with E-state index in [0.717, 1.165) is 11.3 Å². The van der Waals surface area contributed by atoms with E-state index in [0.29, 0.717) is 18.6 Å². The summed E-state index contributed by atoms with van der Waals surface area (Å²) in [5.41, 5.74) is 2.42. The highest BCUT2D eigenvalue weighted by atomic mass is 32.2. The van der Waals surface area contributed by atoms with E-state index < -0.39 is 9.84 Å². The van der Waals surface area contributed by atoms with Crippen LogP contribution in [0.1, 0.15) is 24.4 Å². The second-order valence-electron chi connectivity index (χ2n) is 6.93. The van der Waals surface area contributed by atoms with E-state index >= 15 is 0 Å². The zero-order chi connectivity index (χ0) is 18.9. The number of nitrogens with one attached hydrogen (secondary N) is 1. The van der Waals surface area contributed by atoms with Crippen LogP contribution in [0.25, 0.3) is 0 Å². The largest absolute Gasteiger partial charge is 0.347 e. The fourth-order valence-electron chi connectivity index (χ4n) is 3.58. The first-order chi connectivity index (χ1) is 13.0. The molecule has 2 atom stereocenters. The number of nitrogens with zero attached hydrogens (tertiary/aromatic N) is 2. The molecule has 0 aromatic heterocycles. The van der Waals surface area contributed by atoms with Crippen molar-refractivity contribution in [3.8, 4) is 0 Å². The summed E-state index contributed by atoms with van der Waals surface area (Å²) >= 11 is 0. The smallest absolute Gasteiger partial charge is 0.267 e. The maximum absolute atomic E-state index is 12.7. The summed E-state index contributed by atoms with van der Waals surface area (Å²) in [6, 6.07) is 19.3. The number of sulfone groups is 1. The van der Waals surface area contributed by atoms with Crippen molar-refractivity contribution in [2.24, 2.45) is 5.10 Å². The Labute approximate surface area is 158 Å². The van der Waals surface area contributed by atoms with Gasteiger partial charge >= 0.3 is 0 Å². The fraction of sp³-hybridized carbons (Fsp3) is 0.300. The van der Waals surface area contributed by atoms with Gasteiger partial charge in [-0.05, 0) is 24.1 Å². The molecule has 1 saturated heterocycles. The van der Waals surface area contributed by atoms with Crippen molar-refractivity contribution in [1.29, 1.82) is 0 Å². The van der Waals surface area contributed by atoms with Crippen LogP contribution >= 0.6 is 0 Å². The number of rotatable bonds is 4. The van der Waals surface area contributed by atoms with E-state index in [9.17, 15) is 13.2 Å². The fourth-order valence-corrected chi connectivity index (χ4v) is 5.25. The lowest BCUT2D eigenvalue weighted by molar-refractivity contribution is -0.115. The van der Waals surface area contributed by atoms with Gasteiger partial charge in [0.15, 0.2) is 9.84 Å². The molecule has 0 aliphatic carbocycles. The van der Waals surface area contributed by atoms with Crippen LogP contribution in [0.15, 0.2) is 65.8 Å². The molecule has 2 heterocycles. The highest BCUT2D eigenvalue weighted by molar-refractivity contribution is 7.91. The molecule has 0 unspecified atom stereocenters. The molecule has 0 bridgehead atoms. The van der Waals surface area contributed by atoms with E-state index in [1.807, 2.05) is 65.7 Å². The van der Waals surface area contributed by atoms with Crippen LogP contribution in [0.4, 0.5) is 5.69 Å². The van der Waals surface area contributed by atoms with Gasteiger partial charge in [0.2, 0.25) is 0 Å². The molecule has 1 amide bonds. The molecule has 1 N–H and O–H groups in total. The molecular formula is C20H21N3O3S. The molecule has 27 heavy (non-hydrogen) atoms. The number of carbonyl (C=O) groups excluding carboxylic acids is 1. The molecule has 2 aromatic carbocycles. The van der Waals surface area contributed by atoms with Gasteiger partial charge in [-0.3, -0.25) is 9.80 Å². The molecule has 2 aliphatic rings. The second-order valence-corrected chi connectivity index (χ2v) is 9.16. The molecule has 1 fully saturated rings. The summed E-state index contributed by atoms with van der Waals surface area (Å²) in [5.74, 6) is -0.138. The van der Waals surface area contributed by atoms with Gasteiger partial charge in [0.05, 0.1) is 23.2 Å². The lowest BCUT2D eigenvalue weighted by Crippen LogP contribution is -2.39. The van der Waals surface area contributed by atoms with Crippen LogP contribution in [0.5, 0.6) is 0 Å². The first-order valence-electron chi connectivity index (χ1n) is 9.00. The predicted molar refractivity (Wildman–Crippen MR) is 105 cm³/mol. The van der Waals surface area contributed by atoms with E-state index in [1.165, 1.54) is 0 Å². The third-order valence-corrected chi connectivity index (χ3v) is 6.71. The van der Waals surface area contributed by atoms with Crippen molar-refractivity contribution in [2.75, 3.05) is 16.5 Å². The van der Waals surface area contributed by atoms with Crippen LogP contribution < -0.4 is 10.3 Å². The summed E-state index contributed by atoms with van der Waals surface area (Å²) in [6.07, 6.45) is 0.941. The summed E-state index contributed by atoms with van der Waals surface area (Å²) in [6.45, 7) is 0. The van der Waals surface area contributed by atoms with E-state index in [4.69, 9.17) is 0 Å². The van der Waals surface area contributed by atoms with Crippen molar-refractivity contribution in [1.82, 2.24) is 5.32 Å². The van der Waals surface area contributed by atoms with E-state index in [2.05, 4.69) is 10.4 Å². The SMILES string of the molecule is O=C(N[C@@H]1CCS(=O)(=O)C1)C1=NN(c2ccccc2)[C@H](c2ccccc2)C1. The van der Waals surface area contributed by atoms with Gasteiger partial charge in [-0.25, -0.2) is 8.42 Å². The minimum absolute atomic E-state index is 0.0104. The number of hydrogen-bond donors (Lipinski definition) is 1. The standard InChI is InChI=1S/C20H21N3O3S/c24-20(21-16-11-12-27(25,26)14-16)18-13-19(15-7-3-1-4-8-15)23(22-18)17-9-5-2-6-10-17/h1-10,16,19H,11-14H2,(H,21,24)/t16-,19+/m1/s1. The molecule has 7 heteroatoms. The molecule has 140 valence electrons. The first-order valence-corrected chi connectivity index (χ1v) is 10.8. The zero-order valence-electron chi connectivity index (χ0n) is 14.8. The molecule has 0 saturated carbocycles. The number of benzene rings is 2. The number of carbonyl (C=O) groups is 1. The second kappa shape index (κ2) is 7.15. The molecule has 2 aliphatic heterocycles. The Morgan fingerprint density at radius 2 is 1.70 bits per heavy atom. The Bertz CT molecular complexity index is 958. The zero-order valence-corrected chi connectivity index (χ0v) is 15.6. The molecule has 6 nitrogen and oxygen atoms in total. The van der Waals surface area contributed by atoms with Gasteiger partial charge in [0, 0.05) is 12.5 Å². The van der Waals surface area contributed by atoms with E-state index in [1.54, 1.807) is 0 Å². The van der Waals surface area contributed by atoms with Crippen molar-refractivity contribution < 1.29 is 13.2 Å². The number of hydrogen-bond acceptors (Lipinski definition) is 5. The highest BCUT2D eigenvalue weighted by Crippen LogP contribution is 2.35.